The van der Waals surface area contributed by atoms with Gasteiger partial charge in [-0.1, -0.05) is 11.6 Å². The highest BCUT2D eigenvalue weighted by Crippen LogP contribution is 2.14. The molecular weight excluding hydrogens is 255 g/mol. The number of nitrogens with one attached hydrogen (secondary N) is 1. The van der Waals surface area contributed by atoms with Crippen LogP contribution in [-0.4, -0.2) is 30.4 Å². The minimum absolute atomic E-state index is 0.106. The first kappa shape index (κ1) is 13.3. The predicted octanol–water partition coefficient (Wildman–Crippen LogP) is 2.19. The molecule has 1 aromatic carbocycles. The van der Waals surface area contributed by atoms with Gasteiger partial charge in [-0.05, 0) is 36.6 Å². The second-order valence-corrected chi connectivity index (χ2v) is 4.91. The Morgan fingerprint density at radius 2 is 2.06 bits per heavy atom. The highest BCUT2D eigenvalue weighted by atomic mass is 35.5. The van der Waals surface area contributed by atoms with Gasteiger partial charge in [0.25, 0.3) is 0 Å². The number of halogens is 2. The fourth-order valence-electron chi connectivity index (χ4n) is 2.11. The first-order chi connectivity index (χ1) is 8.65. The maximum atomic E-state index is 13.1. The summed E-state index contributed by atoms with van der Waals surface area (Å²) >= 11 is 5.75. The van der Waals surface area contributed by atoms with Crippen molar-refractivity contribution in [2.45, 2.75) is 19.4 Å². The summed E-state index contributed by atoms with van der Waals surface area (Å²) < 4.78 is 13.1. The summed E-state index contributed by atoms with van der Waals surface area (Å²) in [4.78, 5) is 13.6. The van der Waals surface area contributed by atoms with Crippen molar-refractivity contribution in [2.24, 2.45) is 0 Å². The number of hydrogen-bond acceptors (Lipinski definition) is 2. The smallest absolute Gasteiger partial charge is 0.236 e. The molecule has 0 unspecified atom stereocenters. The quantitative estimate of drug-likeness (QED) is 0.910. The van der Waals surface area contributed by atoms with Gasteiger partial charge in [-0.3, -0.25) is 4.79 Å². The molecule has 0 atom stereocenters. The van der Waals surface area contributed by atoms with Gasteiger partial charge in [0.2, 0.25) is 5.91 Å². The minimum Gasteiger partial charge on any atom is -0.342 e. The van der Waals surface area contributed by atoms with Crippen LogP contribution in [0, 0.1) is 5.82 Å². The zero-order valence-electron chi connectivity index (χ0n) is 10.1. The van der Waals surface area contributed by atoms with Crippen molar-refractivity contribution in [3.05, 3.63) is 34.6 Å². The predicted molar refractivity (Wildman–Crippen MR) is 68.9 cm³/mol. The van der Waals surface area contributed by atoms with E-state index in [1.54, 1.807) is 6.07 Å². The van der Waals surface area contributed by atoms with Crippen LogP contribution in [0.25, 0.3) is 0 Å². The van der Waals surface area contributed by atoms with Crippen molar-refractivity contribution in [1.82, 2.24) is 10.2 Å². The Labute approximate surface area is 111 Å². The van der Waals surface area contributed by atoms with Gasteiger partial charge in [0.05, 0.1) is 6.54 Å². The van der Waals surface area contributed by atoms with Gasteiger partial charge in [0.15, 0.2) is 0 Å². The molecule has 1 heterocycles. The molecule has 0 radical (unpaired) electrons. The van der Waals surface area contributed by atoms with Gasteiger partial charge in [-0.15, -0.1) is 0 Å². The molecule has 5 heteroatoms. The Morgan fingerprint density at radius 3 is 2.72 bits per heavy atom. The van der Waals surface area contributed by atoms with Crippen molar-refractivity contribution in [3.63, 3.8) is 0 Å². The molecule has 3 nitrogen and oxygen atoms in total. The van der Waals surface area contributed by atoms with E-state index in [4.69, 9.17) is 11.6 Å². The van der Waals surface area contributed by atoms with Gasteiger partial charge in [0, 0.05) is 24.7 Å². The van der Waals surface area contributed by atoms with Crippen LogP contribution >= 0.6 is 11.6 Å². The molecule has 1 amide bonds. The molecule has 1 aromatic rings. The summed E-state index contributed by atoms with van der Waals surface area (Å²) in [5, 5.41) is 3.39. The summed E-state index contributed by atoms with van der Waals surface area (Å²) in [5.74, 6) is -0.250. The third-order valence-corrected chi connectivity index (χ3v) is 3.20. The van der Waals surface area contributed by atoms with Crippen molar-refractivity contribution in [1.29, 1.82) is 0 Å². The number of carbonyl (C=O) groups is 1. The number of rotatable bonds is 4. The maximum Gasteiger partial charge on any atom is 0.236 e. The second-order valence-electron chi connectivity index (χ2n) is 4.47. The van der Waals surface area contributed by atoms with E-state index in [-0.39, 0.29) is 18.3 Å². The van der Waals surface area contributed by atoms with E-state index in [9.17, 15) is 9.18 Å². The molecule has 0 aliphatic carbocycles. The molecule has 0 saturated carbocycles. The highest BCUT2D eigenvalue weighted by molar-refractivity contribution is 6.30. The van der Waals surface area contributed by atoms with Crippen LogP contribution in [0.4, 0.5) is 4.39 Å². The number of carbonyl (C=O) groups excluding carboxylic acids is 1. The van der Waals surface area contributed by atoms with E-state index in [1.807, 2.05) is 4.90 Å². The van der Waals surface area contributed by atoms with Crippen LogP contribution in [0.3, 0.4) is 0 Å². The molecule has 1 aliphatic heterocycles. The van der Waals surface area contributed by atoms with E-state index in [2.05, 4.69) is 5.32 Å². The van der Waals surface area contributed by atoms with Gasteiger partial charge >= 0.3 is 0 Å². The average Bonchev–Trinajstić information content (AvgIpc) is 2.80. The Morgan fingerprint density at radius 1 is 1.33 bits per heavy atom. The number of likely N-dealkylation sites (tertiary alicyclic amines) is 1. The molecule has 2 rings (SSSR count). The lowest BCUT2D eigenvalue weighted by Crippen LogP contribution is -2.35. The monoisotopic (exact) mass is 270 g/mol. The Bertz CT molecular complexity index is 413. The van der Waals surface area contributed by atoms with Crippen molar-refractivity contribution < 1.29 is 9.18 Å². The summed E-state index contributed by atoms with van der Waals surface area (Å²) in [6, 6.07) is 4.37. The SMILES string of the molecule is O=C(CNCc1cc(F)cc(Cl)c1)N1CCCC1. The first-order valence-electron chi connectivity index (χ1n) is 6.08. The molecular formula is C13H16ClFN2O. The van der Waals surface area contributed by atoms with E-state index in [1.165, 1.54) is 12.1 Å². The lowest BCUT2D eigenvalue weighted by atomic mass is 10.2. The van der Waals surface area contributed by atoms with Crippen LogP contribution in [0.1, 0.15) is 18.4 Å². The second kappa shape index (κ2) is 6.16. The van der Waals surface area contributed by atoms with Crippen LogP contribution in [0.15, 0.2) is 18.2 Å². The van der Waals surface area contributed by atoms with Gasteiger partial charge < -0.3 is 10.2 Å². The fraction of sp³-hybridized carbons (Fsp3) is 0.462. The molecule has 1 saturated heterocycles. The molecule has 0 spiro atoms. The summed E-state index contributed by atoms with van der Waals surface area (Å²) in [6.07, 6.45) is 2.18. The van der Waals surface area contributed by atoms with Crippen LogP contribution in [-0.2, 0) is 11.3 Å². The van der Waals surface area contributed by atoms with Crippen molar-refractivity contribution >= 4 is 17.5 Å². The van der Waals surface area contributed by atoms with Gasteiger partial charge in [0.1, 0.15) is 5.82 Å². The molecule has 0 aromatic heterocycles. The highest BCUT2D eigenvalue weighted by Gasteiger charge is 2.16. The molecule has 0 bridgehead atoms. The Kier molecular flexibility index (Phi) is 4.55. The fourth-order valence-corrected chi connectivity index (χ4v) is 2.35. The molecule has 1 aliphatic rings. The maximum absolute atomic E-state index is 13.1. The molecule has 1 N–H and O–H groups in total. The standard InChI is InChI=1S/C13H16ClFN2O/c14-11-5-10(6-12(15)7-11)8-16-9-13(18)17-3-1-2-4-17/h5-7,16H,1-4,8-9H2. The van der Waals surface area contributed by atoms with E-state index < -0.39 is 0 Å². The number of hydrogen-bond donors (Lipinski definition) is 1. The van der Waals surface area contributed by atoms with Gasteiger partial charge in [-0.2, -0.15) is 0 Å². The van der Waals surface area contributed by atoms with Crippen LogP contribution in [0.5, 0.6) is 0 Å². The van der Waals surface area contributed by atoms with E-state index in [0.717, 1.165) is 31.5 Å². The lowest BCUT2D eigenvalue weighted by Gasteiger charge is -2.15. The normalized spacial score (nSPS) is 15.1. The summed E-state index contributed by atoms with van der Waals surface area (Å²) in [5.41, 5.74) is 0.745. The van der Waals surface area contributed by atoms with E-state index >= 15 is 0 Å². The Hall–Kier alpha value is -1.13. The van der Waals surface area contributed by atoms with Crippen molar-refractivity contribution in [2.75, 3.05) is 19.6 Å². The van der Waals surface area contributed by atoms with E-state index in [0.29, 0.717) is 11.6 Å². The largest absolute Gasteiger partial charge is 0.342 e. The lowest BCUT2D eigenvalue weighted by molar-refractivity contribution is -0.129. The Balaban J connectivity index is 1.79. The first-order valence-corrected chi connectivity index (χ1v) is 6.46. The third-order valence-electron chi connectivity index (χ3n) is 2.99. The van der Waals surface area contributed by atoms with Crippen LogP contribution < -0.4 is 5.32 Å². The third kappa shape index (κ3) is 3.68. The zero-order valence-corrected chi connectivity index (χ0v) is 10.8. The van der Waals surface area contributed by atoms with Gasteiger partial charge in [-0.25, -0.2) is 4.39 Å². The molecule has 18 heavy (non-hydrogen) atoms. The minimum atomic E-state index is -0.356. The number of nitrogens with zero attached hydrogens (tertiary/aromatic N) is 1. The summed E-state index contributed by atoms with van der Waals surface area (Å²) in [6.45, 7) is 2.43. The van der Waals surface area contributed by atoms with Crippen LogP contribution in [0.2, 0.25) is 5.02 Å². The number of amides is 1. The zero-order chi connectivity index (χ0) is 13.0. The van der Waals surface area contributed by atoms with Crippen molar-refractivity contribution in [3.8, 4) is 0 Å². The number of benzene rings is 1. The summed E-state index contributed by atoms with van der Waals surface area (Å²) in [7, 11) is 0. The average molecular weight is 271 g/mol. The molecule has 98 valence electrons. The topological polar surface area (TPSA) is 32.3 Å². The molecule has 1 fully saturated rings.